The number of thioether (sulfide) groups is 2. The molecule has 1 fully saturated rings. The minimum absolute atomic E-state index is 0.0141. The highest BCUT2D eigenvalue weighted by Crippen LogP contribution is 2.43. The van der Waals surface area contributed by atoms with Crippen molar-refractivity contribution in [2.24, 2.45) is 5.73 Å². The number of aliphatic carboxylic acids is 1. The van der Waals surface area contributed by atoms with E-state index in [4.69, 9.17) is 5.73 Å². The SMILES string of the molecule is NCc1cccc(CC(=O)NC2C(=O)N3C(C(=O)O)=C(C(CS(=O)(=O)O)Sc4nnn[nH]4)CS[C@@H]23)c1. The van der Waals surface area contributed by atoms with Gasteiger partial charge in [0.2, 0.25) is 11.1 Å². The molecule has 17 heteroatoms. The van der Waals surface area contributed by atoms with Gasteiger partial charge in [-0.1, -0.05) is 36.0 Å². The molecule has 2 unspecified atom stereocenters. The molecule has 192 valence electrons. The smallest absolute Gasteiger partial charge is 0.352 e. The average Bonchev–Trinajstić information content (AvgIpc) is 3.33. The molecule has 1 aromatic heterocycles. The van der Waals surface area contributed by atoms with Crippen molar-refractivity contribution in [2.45, 2.75) is 34.8 Å². The average molecular weight is 556 g/mol. The number of hydrogen-bond donors (Lipinski definition) is 5. The number of tetrazole rings is 1. The molecule has 1 saturated heterocycles. The van der Waals surface area contributed by atoms with Crippen LogP contribution in [0.5, 0.6) is 0 Å². The molecule has 4 rings (SSSR count). The Bertz CT molecular complexity index is 1320. The Balaban J connectivity index is 1.54. The molecule has 2 aromatic rings. The Kier molecular flexibility index (Phi) is 7.65. The predicted molar refractivity (Wildman–Crippen MR) is 128 cm³/mol. The summed E-state index contributed by atoms with van der Waals surface area (Å²) in [4.78, 5) is 38.7. The van der Waals surface area contributed by atoms with E-state index in [1.807, 2.05) is 6.07 Å². The second kappa shape index (κ2) is 10.6. The van der Waals surface area contributed by atoms with Crippen LogP contribution in [0.3, 0.4) is 0 Å². The maximum Gasteiger partial charge on any atom is 0.352 e. The molecule has 2 amide bonds. The summed E-state index contributed by atoms with van der Waals surface area (Å²) in [6.07, 6.45) is 0.0141. The largest absolute Gasteiger partial charge is 0.477 e. The number of carbonyl (C=O) groups is 3. The molecule has 2 aliphatic heterocycles. The topological polar surface area (TPSA) is 222 Å². The van der Waals surface area contributed by atoms with E-state index in [-0.39, 0.29) is 22.9 Å². The Labute approximate surface area is 213 Å². The molecule has 2 aliphatic rings. The standard InChI is InChI=1S/C19H21N7O7S3/c20-6-10-3-1-2-9(4-10)5-13(27)21-14-16(28)26-15(18(29)30)11(7-34-17(14)26)12(8-36(31,32)33)35-19-22-24-25-23-19/h1-4,12,14,17H,5-8,20H2,(H,21,27)(H,29,30)(H,31,32,33)(H,22,23,24,25)/t12?,14?,17-/m0/s1. The fourth-order valence-electron chi connectivity index (χ4n) is 3.90. The number of carbonyl (C=O) groups excluding carboxylic acids is 2. The van der Waals surface area contributed by atoms with Gasteiger partial charge in [0.15, 0.2) is 0 Å². The van der Waals surface area contributed by atoms with E-state index in [2.05, 4.69) is 25.9 Å². The van der Waals surface area contributed by atoms with Crippen molar-refractivity contribution in [3.05, 3.63) is 46.7 Å². The summed E-state index contributed by atoms with van der Waals surface area (Å²) in [6, 6.07) is 6.22. The maximum atomic E-state index is 12.9. The molecule has 0 spiro atoms. The van der Waals surface area contributed by atoms with Crippen molar-refractivity contribution < 1.29 is 32.5 Å². The first-order chi connectivity index (χ1) is 17.1. The lowest BCUT2D eigenvalue weighted by atomic mass is 10.0. The van der Waals surface area contributed by atoms with Gasteiger partial charge in [-0.05, 0) is 27.1 Å². The minimum atomic E-state index is -4.52. The highest BCUT2D eigenvalue weighted by atomic mass is 32.2. The normalized spacial score (nSPS) is 20.5. The summed E-state index contributed by atoms with van der Waals surface area (Å²) in [7, 11) is -4.52. The van der Waals surface area contributed by atoms with Crippen molar-refractivity contribution >= 4 is 51.4 Å². The molecule has 0 bridgehead atoms. The van der Waals surface area contributed by atoms with Gasteiger partial charge in [-0.15, -0.1) is 16.9 Å². The number of aromatic nitrogens is 4. The second-order valence-corrected chi connectivity index (χ2v) is 11.7. The van der Waals surface area contributed by atoms with Crippen LogP contribution in [0, 0.1) is 0 Å². The van der Waals surface area contributed by atoms with E-state index in [9.17, 15) is 32.5 Å². The van der Waals surface area contributed by atoms with Crippen LogP contribution in [0.1, 0.15) is 11.1 Å². The Morgan fingerprint density at radius 2 is 2.11 bits per heavy atom. The lowest BCUT2D eigenvalue weighted by molar-refractivity contribution is -0.150. The molecule has 3 atom stereocenters. The van der Waals surface area contributed by atoms with Gasteiger partial charge in [-0.2, -0.15) is 8.42 Å². The van der Waals surface area contributed by atoms with Gasteiger partial charge in [0, 0.05) is 12.3 Å². The number of carboxylic acid groups (broad SMARTS) is 1. The van der Waals surface area contributed by atoms with Gasteiger partial charge >= 0.3 is 5.97 Å². The second-order valence-electron chi connectivity index (χ2n) is 7.90. The number of aromatic amines is 1. The summed E-state index contributed by atoms with van der Waals surface area (Å²) < 4.78 is 32.7. The van der Waals surface area contributed by atoms with Crippen LogP contribution in [-0.2, 0) is 37.5 Å². The molecule has 0 aliphatic carbocycles. The molecule has 3 heterocycles. The lowest BCUT2D eigenvalue weighted by Crippen LogP contribution is -2.70. The number of fused-ring (bicyclic) bond motifs is 1. The van der Waals surface area contributed by atoms with Crippen LogP contribution >= 0.6 is 23.5 Å². The molecule has 6 N–H and O–H groups in total. The first-order valence-corrected chi connectivity index (χ1v) is 13.9. The van der Waals surface area contributed by atoms with Crippen molar-refractivity contribution in [1.82, 2.24) is 30.8 Å². The number of rotatable bonds is 10. The van der Waals surface area contributed by atoms with Gasteiger partial charge in [0.05, 0.1) is 17.4 Å². The number of benzene rings is 1. The first kappa shape index (κ1) is 26.1. The van der Waals surface area contributed by atoms with Gasteiger partial charge in [0.1, 0.15) is 17.1 Å². The number of nitrogens with one attached hydrogen (secondary N) is 2. The van der Waals surface area contributed by atoms with Crippen LogP contribution in [0.25, 0.3) is 0 Å². The van der Waals surface area contributed by atoms with Crippen LogP contribution < -0.4 is 11.1 Å². The lowest BCUT2D eigenvalue weighted by Gasteiger charge is -2.50. The summed E-state index contributed by atoms with van der Waals surface area (Å²) in [5.74, 6) is -3.27. The fourth-order valence-corrected chi connectivity index (χ4v) is 7.58. The third-order valence-corrected chi connectivity index (χ3v) is 8.84. The highest BCUT2D eigenvalue weighted by molar-refractivity contribution is 8.01. The first-order valence-electron chi connectivity index (χ1n) is 10.4. The summed E-state index contributed by atoms with van der Waals surface area (Å²) >= 11 is 1.99. The van der Waals surface area contributed by atoms with E-state index in [1.165, 1.54) is 11.8 Å². The predicted octanol–water partition coefficient (Wildman–Crippen LogP) is -1.01. The number of carboxylic acids is 1. The molecule has 36 heavy (non-hydrogen) atoms. The quantitative estimate of drug-likeness (QED) is 0.135. The number of amides is 2. The summed E-state index contributed by atoms with van der Waals surface area (Å²) in [6.45, 7) is 0.320. The Hall–Kier alpha value is -2.99. The van der Waals surface area contributed by atoms with E-state index >= 15 is 0 Å². The zero-order valence-corrected chi connectivity index (χ0v) is 20.8. The molecular formula is C19H21N7O7S3. The van der Waals surface area contributed by atoms with Gasteiger partial charge < -0.3 is 16.2 Å². The summed E-state index contributed by atoms with van der Waals surface area (Å²) in [5, 5.41) is 23.8. The van der Waals surface area contributed by atoms with E-state index in [0.717, 1.165) is 27.8 Å². The van der Waals surface area contributed by atoms with Gasteiger partial charge in [-0.25, -0.2) is 9.89 Å². The van der Waals surface area contributed by atoms with E-state index < -0.39 is 56.0 Å². The molecular weight excluding hydrogens is 534 g/mol. The molecule has 14 nitrogen and oxygen atoms in total. The number of nitrogens with zero attached hydrogens (tertiary/aromatic N) is 4. The monoisotopic (exact) mass is 555 g/mol. The van der Waals surface area contributed by atoms with Crippen LogP contribution in [0.15, 0.2) is 40.7 Å². The highest BCUT2D eigenvalue weighted by Gasteiger charge is 2.55. The zero-order valence-electron chi connectivity index (χ0n) is 18.4. The van der Waals surface area contributed by atoms with E-state index in [0.29, 0.717) is 6.54 Å². The zero-order chi connectivity index (χ0) is 26.0. The van der Waals surface area contributed by atoms with Gasteiger partial charge in [0.25, 0.3) is 16.0 Å². The van der Waals surface area contributed by atoms with Crippen LogP contribution in [0.2, 0.25) is 0 Å². The van der Waals surface area contributed by atoms with Gasteiger partial charge in [-0.3, -0.25) is 19.0 Å². The van der Waals surface area contributed by atoms with Crippen molar-refractivity contribution in [2.75, 3.05) is 11.5 Å². The molecule has 1 aromatic carbocycles. The Morgan fingerprint density at radius 1 is 1.36 bits per heavy atom. The Morgan fingerprint density at radius 3 is 2.75 bits per heavy atom. The number of nitrogens with two attached hydrogens (primary N) is 1. The maximum absolute atomic E-state index is 12.9. The minimum Gasteiger partial charge on any atom is -0.477 e. The molecule has 0 radical (unpaired) electrons. The third kappa shape index (κ3) is 5.70. The third-order valence-electron chi connectivity index (χ3n) is 5.44. The number of hydrogen-bond acceptors (Lipinski definition) is 11. The van der Waals surface area contributed by atoms with Crippen LogP contribution in [-0.4, -0.2) is 89.6 Å². The van der Waals surface area contributed by atoms with Crippen molar-refractivity contribution in [1.29, 1.82) is 0 Å². The fraction of sp³-hybridized carbons (Fsp3) is 0.368. The van der Waals surface area contributed by atoms with E-state index in [1.54, 1.807) is 18.2 Å². The van der Waals surface area contributed by atoms with Crippen molar-refractivity contribution in [3.63, 3.8) is 0 Å². The summed E-state index contributed by atoms with van der Waals surface area (Å²) in [5.41, 5.74) is 6.92. The number of H-pyrrole nitrogens is 1. The number of β-lactam (4-membered cyclic amide) rings is 1. The molecule has 0 saturated carbocycles. The van der Waals surface area contributed by atoms with Crippen molar-refractivity contribution in [3.8, 4) is 0 Å². The van der Waals surface area contributed by atoms with Crippen LogP contribution in [0.4, 0.5) is 0 Å².